The van der Waals surface area contributed by atoms with Crippen LogP contribution < -0.4 is 16.0 Å². The fourth-order valence-electron chi connectivity index (χ4n) is 3.88. The Bertz CT molecular complexity index is 776. The number of benzene rings is 1. The monoisotopic (exact) mass is 351 g/mol. The lowest BCUT2D eigenvalue weighted by Gasteiger charge is -2.44. The highest BCUT2D eigenvalue weighted by atomic mass is 16.1. The predicted molar refractivity (Wildman–Crippen MR) is 104 cm³/mol. The van der Waals surface area contributed by atoms with Gasteiger partial charge in [-0.2, -0.15) is 0 Å². The summed E-state index contributed by atoms with van der Waals surface area (Å²) in [5, 5.41) is 2.84. The van der Waals surface area contributed by atoms with Crippen LogP contribution in [0.3, 0.4) is 0 Å². The van der Waals surface area contributed by atoms with E-state index in [1.165, 1.54) is 25.8 Å². The third-order valence-electron chi connectivity index (χ3n) is 5.38. The van der Waals surface area contributed by atoms with Gasteiger partial charge in [0.25, 0.3) is 5.91 Å². The molecule has 6 heteroatoms. The van der Waals surface area contributed by atoms with Gasteiger partial charge in [-0.1, -0.05) is 18.6 Å². The molecule has 136 valence electrons. The molecule has 0 saturated carbocycles. The van der Waals surface area contributed by atoms with Gasteiger partial charge in [-0.15, -0.1) is 0 Å². The molecule has 2 aromatic rings. The smallest absolute Gasteiger partial charge is 0.257 e. The molecule has 0 spiro atoms. The van der Waals surface area contributed by atoms with E-state index in [9.17, 15) is 4.79 Å². The zero-order chi connectivity index (χ0) is 17.9. The number of rotatable bonds is 3. The Kier molecular flexibility index (Phi) is 4.75. The fraction of sp³-hybridized carbons (Fsp3) is 0.400. The maximum absolute atomic E-state index is 12.4. The molecular formula is C20H25N5O. The predicted octanol–water partition coefficient (Wildman–Crippen LogP) is 2.59. The average Bonchev–Trinajstić information content (AvgIpc) is 2.69. The van der Waals surface area contributed by atoms with Gasteiger partial charge in [0, 0.05) is 31.9 Å². The number of carbonyl (C=O) groups excluding carboxylic acids is 1. The van der Waals surface area contributed by atoms with E-state index in [1.807, 2.05) is 24.3 Å². The molecule has 2 aliphatic heterocycles. The van der Waals surface area contributed by atoms with Crippen molar-refractivity contribution in [1.29, 1.82) is 0 Å². The normalized spacial score (nSPS) is 20.5. The lowest BCUT2D eigenvalue weighted by Crippen LogP contribution is -2.55. The van der Waals surface area contributed by atoms with Gasteiger partial charge in [0.05, 0.1) is 16.9 Å². The Balaban J connectivity index is 1.42. The molecule has 1 amide bonds. The fourth-order valence-corrected chi connectivity index (χ4v) is 3.88. The van der Waals surface area contributed by atoms with Crippen LogP contribution in [0, 0.1) is 0 Å². The lowest BCUT2D eigenvalue weighted by atomic mass is 9.99. The molecule has 1 atom stereocenters. The van der Waals surface area contributed by atoms with E-state index in [-0.39, 0.29) is 5.91 Å². The van der Waals surface area contributed by atoms with Crippen molar-refractivity contribution in [3.8, 4) is 0 Å². The zero-order valence-corrected chi connectivity index (χ0v) is 14.9. The topological polar surface area (TPSA) is 74.5 Å². The molecule has 0 radical (unpaired) electrons. The third-order valence-corrected chi connectivity index (χ3v) is 5.38. The molecule has 6 nitrogen and oxygen atoms in total. The van der Waals surface area contributed by atoms with E-state index in [1.54, 1.807) is 18.3 Å². The number of carbonyl (C=O) groups is 1. The quantitative estimate of drug-likeness (QED) is 0.832. The van der Waals surface area contributed by atoms with Gasteiger partial charge in [0.15, 0.2) is 0 Å². The van der Waals surface area contributed by atoms with Gasteiger partial charge >= 0.3 is 0 Å². The number of nitrogens with zero attached hydrogens (tertiary/aromatic N) is 3. The second kappa shape index (κ2) is 7.33. The molecule has 2 aliphatic rings. The minimum Gasteiger partial charge on any atom is -0.397 e. The number of hydrogen-bond acceptors (Lipinski definition) is 5. The number of nitrogens with two attached hydrogens (primary N) is 1. The first-order chi connectivity index (χ1) is 12.7. The molecule has 0 bridgehead atoms. The summed E-state index contributed by atoms with van der Waals surface area (Å²) in [5.74, 6) is 0.755. The first kappa shape index (κ1) is 16.8. The minimum absolute atomic E-state index is 0.195. The maximum atomic E-state index is 12.4. The molecule has 0 aliphatic carbocycles. The first-order valence-corrected chi connectivity index (χ1v) is 9.31. The van der Waals surface area contributed by atoms with E-state index < -0.39 is 0 Å². The number of piperazine rings is 1. The van der Waals surface area contributed by atoms with Crippen LogP contribution in [0.4, 0.5) is 17.2 Å². The molecule has 1 aromatic heterocycles. The van der Waals surface area contributed by atoms with Crippen molar-refractivity contribution in [2.24, 2.45) is 0 Å². The standard InChI is InChI=1S/C20H25N5O/c21-17-6-1-2-7-18(17)23-20(26)15-8-9-19(22-13-15)25-12-11-24-10-4-3-5-16(24)14-25/h1-2,6-9,13,16H,3-5,10-12,14,21H2,(H,23,26). The third kappa shape index (κ3) is 3.51. The molecule has 4 rings (SSSR count). The number of hydrogen-bond donors (Lipinski definition) is 2. The second-order valence-electron chi connectivity index (χ2n) is 7.08. The van der Waals surface area contributed by atoms with Gasteiger partial charge in [0.1, 0.15) is 5.82 Å². The molecule has 26 heavy (non-hydrogen) atoms. The van der Waals surface area contributed by atoms with E-state index in [4.69, 9.17) is 5.73 Å². The number of aromatic nitrogens is 1. The van der Waals surface area contributed by atoms with Crippen LogP contribution in [-0.2, 0) is 0 Å². The molecule has 2 fully saturated rings. The van der Waals surface area contributed by atoms with Gasteiger partial charge in [-0.3, -0.25) is 9.69 Å². The summed E-state index contributed by atoms with van der Waals surface area (Å²) in [4.78, 5) is 21.9. The summed E-state index contributed by atoms with van der Waals surface area (Å²) in [6.07, 6.45) is 5.57. The number of piperidine rings is 1. The molecule has 2 saturated heterocycles. The molecule has 1 unspecified atom stereocenters. The number of nitrogens with one attached hydrogen (secondary N) is 1. The highest BCUT2D eigenvalue weighted by Gasteiger charge is 2.29. The minimum atomic E-state index is -0.195. The van der Waals surface area contributed by atoms with Crippen molar-refractivity contribution in [2.45, 2.75) is 25.3 Å². The SMILES string of the molecule is Nc1ccccc1NC(=O)c1ccc(N2CCN3CCCCC3C2)nc1. The van der Waals surface area contributed by atoms with Gasteiger partial charge in [-0.05, 0) is 43.7 Å². The van der Waals surface area contributed by atoms with Crippen LogP contribution in [0.25, 0.3) is 0 Å². The van der Waals surface area contributed by atoms with Crippen molar-refractivity contribution in [3.05, 3.63) is 48.2 Å². The summed E-state index contributed by atoms with van der Waals surface area (Å²) in [6, 6.07) is 11.7. The Labute approximate surface area is 154 Å². The van der Waals surface area contributed by atoms with Crippen LogP contribution in [0.1, 0.15) is 29.6 Å². The summed E-state index contributed by atoms with van der Waals surface area (Å²) >= 11 is 0. The highest BCUT2D eigenvalue weighted by molar-refractivity contribution is 6.05. The summed E-state index contributed by atoms with van der Waals surface area (Å²) < 4.78 is 0. The Morgan fingerprint density at radius 1 is 1.12 bits per heavy atom. The van der Waals surface area contributed by atoms with Gasteiger partial charge in [0.2, 0.25) is 0 Å². The van der Waals surface area contributed by atoms with Gasteiger partial charge in [-0.25, -0.2) is 4.98 Å². The van der Waals surface area contributed by atoms with E-state index in [0.717, 1.165) is 25.5 Å². The number of amides is 1. The number of para-hydroxylation sites is 2. The van der Waals surface area contributed by atoms with Gasteiger partial charge < -0.3 is 16.0 Å². The first-order valence-electron chi connectivity index (χ1n) is 9.31. The van der Waals surface area contributed by atoms with Crippen LogP contribution in [0.5, 0.6) is 0 Å². The summed E-state index contributed by atoms with van der Waals surface area (Å²) in [7, 11) is 0. The molecular weight excluding hydrogens is 326 g/mol. The van der Waals surface area contributed by atoms with Crippen molar-refractivity contribution in [1.82, 2.24) is 9.88 Å². The lowest BCUT2D eigenvalue weighted by molar-refractivity contribution is 0.102. The molecule has 3 heterocycles. The van der Waals surface area contributed by atoms with Crippen LogP contribution in [0.15, 0.2) is 42.6 Å². The Morgan fingerprint density at radius 3 is 2.81 bits per heavy atom. The number of anilines is 3. The second-order valence-corrected chi connectivity index (χ2v) is 7.08. The van der Waals surface area contributed by atoms with Crippen LogP contribution >= 0.6 is 0 Å². The maximum Gasteiger partial charge on any atom is 0.257 e. The van der Waals surface area contributed by atoms with E-state index in [2.05, 4.69) is 20.1 Å². The van der Waals surface area contributed by atoms with Crippen molar-refractivity contribution >= 4 is 23.1 Å². The van der Waals surface area contributed by atoms with Crippen LogP contribution in [-0.4, -0.2) is 48.0 Å². The molecule has 1 aromatic carbocycles. The zero-order valence-electron chi connectivity index (χ0n) is 14.9. The summed E-state index contributed by atoms with van der Waals surface area (Å²) in [6.45, 7) is 4.35. The highest BCUT2D eigenvalue weighted by Crippen LogP contribution is 2.24. The Hall–Kier alpha value is -2.60. The van der Waals surface area contributed by atoms with E-state index in [0.29, 0.717) is 23.0 Å². The number of pyridine rings is 1. The average molecular weight is 351 g/mol. The number of nitrogen functional groups attached to an aromatic ring is 1. The van der Waals surface area contributed by atoms with Crippen molar-refractivity contribution in [3.63, 3.8) is 0 Å². The summed E-state index contributed by atoms with van der Waals surface area (Å²) in [5.41, 5.74) is 7.59. The number of fused-ring (bicyclic) bond motifs is 1. The van der Waals surface area contributed by atoms with Crippen LogP contribution in [0.2, 0.25) is 0 Å². The Morgan fingerprint density at radius 2 is 2.00 bits per heavy atom. The van der Waals surface area contributed by atoms with Crippen molar-refractivity contribution in [2.75, 3.05) is 42.1 Å². The largest absolute Gasteiger partial charge is 0.397 e. The molecule has 3 N–H and O–H groups in total. The van der Waals surface area contributed by atoms with Crippen molar-refractivity contribution < 1.29 is 4.79 Å². The van der Waals surface area contributed by atoms with E-state index >= 15 is 0 Å².